The van der Waals surface area contributed by atoms with Crippen LogP contribution in [0, 0.1) is 6.92 Å². The standard InChI is InChI=1S/C7H9NO3S.Li/c1-5-2-3-6(8)4-7(5)12(9,10)11;/h2-4H,8H2,1H3,(H,9,10,11);/q;+1/p-1. The number of nitrogens with two attached hydrogens (primary N) is 1. The average molecular weight is 193 g/mol. The molecular formula is C7H8LiNO3S. The third-order valence-electron chi connectivity index (χ3n) is 1.48. The van der Waals surface area contributed by atoms with Gasteiger partial charge >= 0.3 is 18.9 Å². The fraction of sp³-hybridized carbons (Fsp3) is 0.143. The Morgan fingerprint density at radius 2 is 1.92 bits per heavy atom. The number of aryl methyl sites for hydroxylation is 1. The van der Waals surface area contributed by atoms with Crippen LogP contribution in [-0.2, 0) is 10.1 Å². The molecule has 66 valence electrons. The summed E-state index contributed by atoms with van der Waals surface area (Å²) in [6, 6.07) is 4.21. The smallest absolute Gasteiger partial charge is 0.744 e. The Morgan fingerprint density at radius 1 is 1.38 bits per heavy atom. The van der Waals surface area contributed by atoms with Crippen molar-refractivity contribution in [3.63, 3.8) is 0 Å². The number of hydrogen-bond acceptors (Lipinski definition) is 4. The predicted octanol–water partition coefficient (Wildman–Crippen LogP) is -2.51. The van der Waals surface area contributed by atoms with Crippen molar-refractivity contribution in [2.75, 3.05) is 5.73 Å². The zero-order chi connectivity index (χ0) is 9.35. The molecular weight excluding hydrogens is 185 g/mol. The second-order valence-corrected chi connectivity index (χ2v) is 3.83. The van der Waals surface area contributed by atoms with Gasteiger partial charge in [0.2, 0.25) is 0 Å². The second-order valence-electron chi connectivity index (χ2n) is 2.48. The van der Waals surface area contributed by atoms with Crippen LogP contribution >= 0.6 is 0 Å². The van der Waals surface area contributed by atoms with Gasteiger partial charge in [-0.3, -0.25) is 0 Å². The molecule has 0 unspecified atom stereocenters. The second kappa shape index (κ2) is 4.16. The molecule has 0 bridgehead atoms. The molecule has 0 aromatic heterocycles. The largest absolute Gasteiger partial charge is 1.00 e. The number of rotatable bonds is 1. The van der Waals surface area contributed by atoms with Crippen molar-refractivity contribution < 1.29 is 31.8 Å². The van der Waals surface area contributed by atoms with Crippen molar-refractivity contribution in [1.82, 2.24) is 0 Å². The van der Waals surface area contributed by atoms with Gasteiger partial charge in [-0.2, -0.15) is 0 Å². The third-order valence-corrected chi connectivity index (χ3v) is 2.46. The summed E-state index contributed by atoms with van der Waals surface area (Å²) in [4.78, 5) is -0.248. The number of nitrogen functional groups attached to an aromatic ring is 1. The molecule has 13 heavy (non-hydrogen) atoms. The Kier molecular flexibility index (Phi) is 4.01. The molecule has 0 fully saturated rings. The molecule has 6 heteroatoms. The first-order chi connectivity index (χ1) is 5.41. The Morgan fingerprint density at radius 3 is 2.31 bits per heavy atom. The van der Waals surface area contributed by atoms with E-state index in [2.05, 4.69) is 0 Å². The third kappa shape index (κ3) is 3.05. The van der Waals surface area contributed by atoms with E-state index in [1.165, 1.54) is 6.07 Å². The average Bonchev–Trinajstić information content (AvgIpc) is 1.92. The predicted molar refractivity (Wildman–Crippen MR) is 43.6 cm³/mol. The van der Waals surface area contributed by atoms with Crippen LogP contribution in [0.3, 0.4) is 0 Å². The molecule has 0 spiro atoms. The van der Waals surface area contributed by atoms with Gasteiger partial charge in [0.05, 0.1) is 4.90 Å². The topological polar surface area (TPSA) is 83.2 Å². The van der Waals surface area contributed by atoms with Crippen molar-refractivity contribution >= 4 is 15.8 Å². The molecule has 0 amide bonds. The van der Waals surface area contributed by atoms with Gasteiger partial charge in [-0.1, -0.05) is 6.07 Å². The fourth-order valence-electron chi connectivity index (χ4n) is 0.886. The summed E-state index contributed by atoms with van der Waals surface area (Å²) in [6.45, 7) is 1.55. The van der Waals surface area contributed by atoms with Gasteiger partial charge in [0.25, 0.3) is 0 Å². The van der Waals surface area contributed by atoms with Crippen molar-refractivity contribution in [3.05, 3.63) is 23.8 Å². The van der Waals surface area contributed by atoms with Crippen LogP contribution in [0.25, 0.3) is 0 Å². The Balaban J connectivity index is 0.00000144. The maximum absolute atomic E-state index is 10.6. The van der Waals surface area contributed by atoms with Crippen LogP contribution in [0.4, 0.5) is 5.69 Å². The molecule has 1 aromatic carbocycles. The van der Waals surface area contributed by atoms with E-state index < -0.39 is 10.1 Å². The van der Waals surface area contributed by atoms with Crippen molar-refractivity contribution in [2.45, 2.75) is 11.8 Å². The summed E-state index contributed by atoms with van der Waals surface area (Å²) in [7, 11) is -4.39. The van der Waals surface area contributed by atoms with E-state index in [-0.39, 0.29) is 29.4 Å². The Hall–Kier alpha value is -0.473. The van der Waals surface area contributed by atoms with E-state index in [0.717, 1.165) is 6.07 Å². The quantitative estimate of drug-likeness (QED) is 0.303. The molecule has 1 rings (SSSR count). The summed E-state index contributed by atoms with van der Waals surface area (Å²) in [5.41, 5.74) is 6.01. The monoisotopic (exact) mass is 193 g/mol. The maximum Gasteiger partial charge on any atom is 1.00 e. The first kappa shape index (κ1) is 12.5. The van der Waals surface area contributed by atoms with Crippen LogP contribution in [-0.4, -0.2) is 13.0 Å². The van der Waals surface area contributed by atoms with Crippen LogP contribution in [0.2, 0.25) is 0 Å². The van der Waals surface area contributed by atoms with Crippen molar-refractivity contribution in [3.8, 4) is 0 Å². The first-order valence-electron chi connectivity index (χ1n) is 3.23. The van der Waals surface area contributed by atoms with E-state index in [1.54, 1.807) is 13.0 Å². The molecule has 0 atom stereocenters. The van der Waals surface area contributed by atoms with Gasteiger partial charge < -0.3 is 10.3 Å². The van der Waals surface area contributed by atoms with E-state index in [1.807, 2.05) is 0 Å². The summed E-state index contributed by atoms with van der Waals surface area (Å²) in [5, 5.41) is 0. The fourth-order valence-corrected chi connectivity index (χ4v) is 1.63. The molecule has 0 radical (unpaired) electrons. The number of anilines is 1. The minimum atomic E-state index is -4.39. The van der Waals surface area contributed by atoms with E-state index >= 15 is 0 Å². The minimum Gasteiger partial charge on any atom is -0.744 e. The van der Waals surface area contributed by atoms with Gasteiger partial charge in [0.15, 0.2) is 0 Å². The minimum absolute atomic E-state index is 0. The van der Waals surface area contributed by atoms with E-state index in [9.17, 15) is 13.0 Å². The van der Waals surface area contributed by atoms with Crippen LogP contribution in [0.5, 0.6) is 0 Å². The SMILES string of the molecule is Cc1ccc(N)cc1S(=O)(=O)[O-].[Li+]. The molecule has 1 aromatic rings. The summed E-state index contributed by atoms with van der Waals surface area (Å²) >= 11 is 0. The Labute approximate surface area is 89.1 Å². The van der Waals surface area contributed by atoms with Crippen molar-refractivity contribution in [2.24, 2.45) is 0 Å². The van der Waals surface area contributed by atoms with Crippen LogP contribution < -0.4 is 24.6 Å². The van der Waals surface area contributed by atoms with E-state index in [4.69, 9.17) is 5.73 Å². The number of hydrogen-bond donors (Lipinski definition) is 1. The molecule has 0 saturated carbocycles. The first-order valence-corrected chi connectivity index (χ1v) is 4.64. The zero-order valence-electron chi connectivity index (χ0n) is 7.44. The molecule has 0 heterocycles. The molecule has 0 aliphatic rings. The van der Waals surface area contributed by atoms with Gasteiger partial charge in [-0.05, 0) is 24.6 Å². The summed E-state index contributed by atoms with van der Waals surface area (Å²) in [5.74, 6) is 0. The molecule has 0 saturated heterocycles. The van der Waals surface area contributed by atoms with E-state index in [0.29, 0.717) is 5.56 Å². The van der Waals surface area contributed by atoms with Gasteiger partial charge in [0.1, 0.15) is 10.1 Å². The van der Waals surface area contributed by atoms with Crippen molar-refractivity contribution in [1.29, 1.82) is 0 Å². The van der Waals surface area contributed by atoms with Crippen LogP contribution in [0.1, 0.15) is 5.56 Å². The molecule has 0 aliphatic carbocycles. The van der Waals surface area contributed by atoms with Gasteiger partial charge in [0, 0.05) is 5.69 Å². The molecule has 0 aliphatic heterocycles. The zero-order valence-corrected chi connectivity index (χ0v) is 8.26. The summed E-state index contributed by atoms with van der Waals surface area (Å²) in [6.07, 6.45) is 0. The van der Waals surface area contributed by atoms with Gasteiger partial charge in [-0.25, -0.2) is 8.42 Å². The number of benzene rings is 1. The van der Waals surface area contributed by atoms with Crippen LogP contribution in [0.15, 0.2) is 23.1 Å². The van der Waals surface area contributed by atoms with Gasteiger partial charge in [-0.15, -0.1) is 0 Å². The normalized spacial score (nSPS) is 10.6. The maximum atomic E-state index is 10.6. The Bertz CT molecular complexity index is 402. The molecule has 4 nitrogen and oxygen atoms in total. The summed E-state index contributed by atoms with van der Waals surface area (Å²) < 4.78 is 31.8. The molecule has 2 N–H and O–H groups in total.